The number of rotatable bonds is 20. The number of imide groups is 2. The number of hydrogen-bond donors (Lipinski definition) is 5. The number of hydrogen-bond acceptors (Lipinski definition) is 13. The van der Waals surface area contributed by atoms with E-state index in [0.29, 0.717) is 79.1 Å². The van der Waals surface area contributed by atoms with Crippen molar-refractivity contribution in [1.29, 1.82) is 0 Å². The van der Waals surface area contributed by atoms with E-state index in [-0.39, 0.29) is 84.0 Å². The average Bonchev–Trinajstić information content (AvgIpc) is 3.58. The molecule has 6 amide bonds. The molecule has 1 fully saturated rings. The SMILES string of the molecule is Nc1ncc(-c2ccc(S(=O)(=O)Nc3cccc(NC(=O)CCOCCOCCOCCCc4cccc5c4C(=O)N(C4CCC(=O)NC4=O)C5=O)c3)cc2F)cc1-c1ccc2c(c1)CCNC2=O. The lowest BCUT2D eigenvalue weighted by atomic mass is 9.94. The minimum atomic E-state index is -4.26. The number of ether oxygens (including phenoxy) is 3. The second kappa shape index (κ2) is 21.3. The molecular weight excluding hydrogens is 914 g/mol. The molecule has 1 atom stereocenters. The Labute approximate surface area is 396 Å². The van der Waals surface area contributed by atoms with Gasteiger partial charge in [0.1, 0.15) is 17.7 Å². The van der Waals surface area contributed by atoms with Gasteiger partial charge in [-0.3, -0.25) is 43.7 Å². The number of anilines is 3. The van der Waals surface area contributed by atoms with E-state index < -0.39 is 45.5 Å². The smallest absolute Gasteiger partial charge is 0.262 e. The Kier molecular flexibility index (Phi) is 14.8. The number of aryl methyl sites for hydroxylation is 1. The molecule has 18 nitrogen and oxygen atoms in total. The predicted molar refractivity (Wildman–Crippen MR) is 250 cm³/mol. The molecule has 0 saturated carbocycles. The fourth-order valence-corrected chi connectivity index (χ4v) is 9.37. The van der Waals surface area contributed by atoms with Crippen LogP contribution >= 0.6 is 0 Å². The fourth-order valence-electron chi connectivity index (χ4n) is 8.31. The summed E-state index contributed by atoms with van der Waals surface area (Å²) in [5, 5.41) is 7.71. The molecule has 4 aromatic carbocycles. The van der Waals surface area contributed by atoms with Gasteiger partial charge in [0.2, 0.25) is 17.7 Å². The van der Waals surface area contributed by atoms with Gasteiger partial charge < -0.3 is 30.6 Å². The van der Waals surface area contributed by atoms with Crippen molar-refractivity contribution in [1.82, 2.24) is 20.5 Å². The van der Waals surface area contributed by atoms with Crippen molar-refractivity contribution in [2.45, 2.75) is 49.5 Å². The van der Waals surface area contributed by atoms with Crippen molar-refractivity contribution >= 4 is 62.7 Å². The van der Waals surface area contributed by atoms with Crippen LogP contribution in [0, 0.1) is 5.82 Å². The van der Waals surface area contributed by atoms with Crippen molar-refractivity contribution in [2.24, 2.45) is 0 Å². The van der Waals surface area contributed by atoms with Crippen LogP contribution in [0.15, 0.2) is 96.0 Å². The molecule has 1 aromatic heterocycles. The first-order chi connectivity index (χ1) is 33.3. The van der Waals surface area contributed by atoms with Gasteiger partial charge in [0.05, 0.1) is 61.2 Å². The zero-order valence-electron chi connectivity index (χ0n) is 37.2. The van der Waals surface area contributed by atoms with E-state index >= 15 is 4.39 Å². The van der Waals surface area contributed by atoms with E-state index in [4.69, 9.17) is 19.9 Å². The Balaban J connectivity index is 0.723. The number of amides is 6. The minimum absolute atomic E-state index is 0.0150. The summed E-state index contributed by atoms with van der Waals surface area (Å²) in [6.45, 7) is 2.07. The molecule has 1 saturated heterocycles. The number of nitrogens with zero attached hydrogens (tertiary/aromatic N) is 2. The molecule has 0 bridgehead atoms. The summed E-state index contributed by atoms with van der Waals surface area (Å²) in [5.41, 5.74) is 11.0. The average molecular weight is 962 g/mol. The summed E-state index contributed by atoms with van der Waals surface area (Å²) >= 11 is 0. The fraction of sp³-hybridized carbons (Fsp3) is 0.286. The number of benzene rings is 4. The number of aromatic nitrogens is 1. The first-order valence-corrected chi connectivity index (χ1v) is 23.7. The number of pyridine rings is 1. The third kappa shape index (κ3) is 11.2. The topological polar surface area (TPSA) is 255 Å². The van der Waals surface area contributed by atoms with Crippen LogP contribution in [0.25, 0.3) is 22.3 Å². The van der Waals surface area contributed by atoms with Crippen molar-refractivity contribution in [2.75, 3.05) is 62.0 Å². The van der Waals surface area contributed by atoms with Gasteiger partial charge >= 0.3 is 0 Å². The molecule has 6 N–H and O–H groups in total. The summed E-state index contributed by atoms with van der Waals surface area (Å²) in [6.07, 6.45) is 3.23. The molecule has 0 radical (unpaired) electrons. The molecule has 5 aromatic rings. The lowest BCUT2D eigenvalue weighted by molar-refractivity contribution is -0.136. The van der Waals surface area contributed by atoms with E-state index in [1.807, 2.05) is 6.07 Å². The molecule has 0 aliphatic carbocycles. The summed E-state index contributed by atoms with van der Waals surface area (Å²) in [5.74, 6) is -3.30. The largest absolute Gasteiger partial charge is 0.383 e. The Morgan fingerprint density at radius 3 is 2.30 bits per heavy atom. The summed E-state index contributed by atoms with van der Waals surface area (Å²) < 4.78 is 61.5. The number of sulfonamides is 1. The second-order valence-electron chi connectivity index (χ2n) is 16.4. The van der Waals surface area contributed by atoms with Gasteiger partial charge in [-0.2, -0.15) is 0 Å². The number of carbonyl (C=O) groups is 6. The van der Waals surface area contributed by atoms with Crippen LogP contribution in [0.2, 0.25) is 0 Å². The van der Waals surface area contributed by atoms with E-state index in [9.17, 15) is 37.2 Å². The van der Waals surface area contributed by atoms with Crippen LogP contribution in [-0.2, 0) is 51.5 Å². The molecule has 3 aliphatic rings. The van der Waals surface area contributed by atoms with Crippen molar-refractivity contribution in [3.8, 4) is 22.3 Å². The lowest BCUT2D eigenvalue weighted by Gasteiger charge is -2.27. The molecule has 0 spiro atoms. The molecule has 358 valence electrons. The molecule has 8 rings (SSSR count). The second-order valence-corrected chi connectivity index (χ2v) is 18.1. The van der Waals surface area contributed by atoms with Crippen LogP contribution in [0.3, 0.4) is 0 Å². The number of nitrogens with two attached hydrogens (primary N) is 1. The Bertz CT molecular complexity index is 2970. The van der Waals surface area contributed by atoms with Crippen LogP contribution in [0.4, 0.5) is 21.6 Å². The van der Waals surface area contributed by atoms with E-state index in [2.05, 4.69) is 25.7 Å². The maximum Gasteiger partial charge on any atom is 0.262 e. The van der Waals surface area contributed by atoms with Crippen LogP contribution < -0.4 is 26.4 Å². The molecule has 20 heteroatoms. The molecule has 69 heavy (non-hydrogen) atoms. The number of fused-ring (bicyclic) bond motifs is 2. The number of nitrogen functional groups attached to an aromatic ring is 1. The Hall–Kier alpha value is -7.39. The van der Waals surface area contributed by atoms with Crippen LogP contribution in [0.5, 0.6) is 0 Å². The standard InChI is InChI=1S/C49H48FN7O11S/c50-40-27-35(10-12-36(40)32-25-39(45(51)53-28-32)30-9-11-37-31(24-30)15-17-52-46(37)60)69(64,65)56-34-7-2-6-33(26-34)54-43(59)16-19-67-21-23-68-22-20-66-18-3-5-29-4-1-8-38-44(29)49(63)57(48(38)62)41-13-14-42(58)55-47(41)61/h1-2,4,6-12,24-28,41,56H,3,5,13-23H2,(H2,51,53)(H,52,60)(H,54,59)(H,55,58,61). The Morgan fingerprint density at radius 1 is 0.783 bits per heavy atom. The number of carbonyl (C=O) groups excluding carboxylic acids is 6. The summed E-state index contributed by atoms with van der Waals surface area (Å²) in [7, 11) is -4.26. The monoisotopic (exact) mass is 961 g/mol. The van der Waals surface area contributed by atoms with Gasteiger partial charge in [0, 0.05) is 53.7 Å². The van der Waals surface area contributed by atoms with Gasteiger partial charge in [-0.1, -0.05) is 36.4 Å². The maximum absolute atomic E-state index is 15.6. The zero-order valence-corrected chi connectivity index (χ0v) is 38.0. The first-order valence-electron chi connectivity index (χ1n) is 22.2. The van der Waals surface area contributed by atoms with Gasteiger partial charge in [-0.05, 0) is 90.9 Å². The molecule has 1 unspecified atom stereocenters. The number of nitrogens with one attached hydrogen (secondary N) is 4. The van der Waals surface area contributed by atoms with Crippen molar-refractivity contribution in [3.05, 3.63) is 125 Å². The quantitative estimate of drug-likeness (QED) is 0.0528. The van der Waals surface area contributed by atoms with Crippen LogP contribution in [0.1, 0.15) is 67.9 Å². The van der Waals surface area contributed by atoms with Gasteiger partial charge in [-0.25, -0.2) is 17.8 Å². The molecule has 3 aliphatic heterocycles. The first kappa shape index (κ1) is 48.1. The van der Waals surface area contributed by atoms with E-state index in [1.165, 1.54) is 30.5 Å². The van der Waals surface area contributed by atoms with E-state index in [1.54, 1.807) is 48.5 Å². The van der Waals surface area contributed by atoms with Gasteiger partial charge in [0.15, 0.2) is 0 Å². The predicted octanol–water partition coefficient (Wildman–Crippen LogP) is 4.64. The highest BCUT2D eigenvalue weighted by molar-refractivity contribution is 7.92. The van der Waals surface area contributed by atoms with E-state index in [0.717, 1.165) is 16.5 Å². The normalized spacial score (nSPS) is 15.6. The van der Waals surface area contributed by atoms with Gasteiger partial charge in [-0.15, -0.1) is 0 Å². The lowest BCUT2D eigenvalue weighted by Crippen LogP contribution is -2.54. The number of piperidine rings is 1. The third-order valence-electron chi connectivity index (χ3n) is 11.7. The van der Waals surface area contributed by atoms with Crippen molar-refractivity contribution < 1.29 is 55.8 Å². The molecule has 4 heterocycles. The highest BCUT2D eigenvalue weighted by Gasteiger charge is 2.45. The summed E-state index contributed by atoms with van der Waals surface area (Å²) in [6, 6.07) is 20.6. The summed E-state index contributed by atoms with van der Waals surface area (Å²) in [4.78, 5) is 80.0. The van der Waals surface area contributed by atoms with Crippen molar-refractivity contribution in [3.63, 3.8) is 0 Å². The maximum atomic E-state index is 15.6. The van der Waals surface area contributed by atoms with Gasteiger partial charge in [0.25, 0.3) is 27.7 Å². The highest BCUT2D eigenvalue weighted by Crippen LogP contribution is 2.34. The third-order valence-corrected chi connectivity index (χ3v) is 13.1. The number of halogens is 1. The Morgan fingerprint density at radius 2 is 1.52 bits per heavy atom. The zero-order chi connectivity index (χ0) is 48.7. The molecular formula is C49H48FN7O11S. The minimum Gasteiger partial charge on any atom is -0.383 e. The van der Waals surface area contributed by atoms with Crippen LogP contribution in [-0.4, -0.2) is 106 Å². The highest BCUT2D eigenvalue weighted by atomic mass is 32.2.